The summed E-state index contributed by atoms with van der Waals surface area (Å²) in [5, 5.41) is 21.1. The lowest BCUT2D eigenvalue weighted by molar-refractivity contribution is 0.0696. The second-order valence-electron chi connectivity index (χ2n) is 4.19. The lowest BCUT2D eigenvalue weighted by Crippen LogP contribution is -2.04. The summed E-state index contributed by atoms with van der Waals surface area (Å²) >= 11 is 5.97. The second kappa shape index (κ2) is 6.36. The number of carboxylic acids is 1. The third-order valence-electron chi connectivity index (χ3n) is 2.75. The number of aromatic nitrogens is 1. The molecule has 0 bridgehead atoms. The number of nitrogens with zero attached hydrogens (tertiary/aromatic N) is 1. The zero-order valence-corrected chi connectivity index (χ0v) is 11.3. The van der Waals surface area contributed by atoms with E-state index in [4.69, 9.17) is 21.8 Å². The van der Waals surface area contributed by atoms with Crippen molar-refractivity contribution in [3.05, 3.63) is 58.2 Å². The maximum Gasteiger partial charge on any atom is 0.337 e. The number of carboxylic acid groups (broad SMARTS) is 1. The van der Waals surface area contributed by atoms with Crippen LogP contribution < -0.4 is 5.32 Å². The highest BCUT2D eigenvalue weighted by Gasteiger charge is 2.08. The second-order valence-corrected chi connectivity index (χ2v) is 4.59. The molecule has 0 aliphatic carbocycles. The van der Waals surface area contributed by atoms with Gasteiger partial charge in [0.05, 0.1) is 17.2 Å². The van der Waals surface area contributed by atoms with E-state index < -0.39 is 5.97 Å². The molecule has 0 amide bonds. The van der Waals surface area contributed by atoms with E-state index in [1.165, 1.54) is 12.3 Å². The predicted octanol–water partition coefficient (Wildman–Crippen LogP) is 2.54. The normalized spacial score (nSPS) is 10.3. The number of aliphatic hydroxyl groups excluding tert-OH is 1. The van der Waals surface area contributed by atoms with E-state index in [0.717, 1.165) is 11.1 Å². The van der Waals surface area contributed by atoms with Crippen molar-refractivity contribution in [2.45, 2.75) is 13.2 Å². The van der Waals surface area contributed by atoms with E-state index in [1.54, 1.807) is 0 Å². The smallest absolute Gasteiger partial charge is 0.337 e. The van der Waals surface area contributed by atoms with Crippen LogP contribution in [0, 0.1) is 0 Å². The minimum absolute atomic E-state index is 0.0116. The molecule has 1 aromatic heterocycles. The molecule has 0 saturated heterocycles. The van der Waals surface area contributed by atoms with Crippen LogP contribution in [0.3, 0.4) is 0 Å². The molecule has 2 rings (SSSR count). The number of aromatic carboxylic acids is 1. The summed E-state index contributed by atoms with van der Waals surface area (Å²) in [5.74, 6) is -0.631. The fraction of sp³-hybridized carbons (Fsp3) is 0.143. The Morgan fingerprint density at radius 3 is 2.45 bits per heavy atom. The summed E-state index contributed by atoms with van der Waals surface area (Å²) in [4.78, 5) is 14.7. The van der Waals surface area contributed by atoms with Crippen molar-refractivity contribution < 1.29 is 15.0 Å². The molecule has 0 atom stereocenters. The molecule has 0 spiro atoms. The monoisotopic (exact) mass is 292 g/mol. The molecule has 20 heavy (non-hydrogen) atoms. The molecule has 2 aromatic rings. The van der Waals surface area contributed by atoms with Crippen LogP contribution in [0.15, 0.2) is 36.5 Å². The Labute approximate surface area is 120 Å². The molecule has 0 aliphatic heterocycles. The van der Waals surface area contributed by atoms with Crippen LogP contribution in [-0.2, 0) is 13.2 Å². The van der Waals surface area contributed by atoms with E-state index in [1.807, 2.05) is 24.3 Å². The Hall–Kier alpha value is -2.11. The Morgan fingerprint density at radius 2 is 1.90 bits per heavy atom. The van der Waals surface area contributed by atoms with Crippen molar-refractivity contribution in [3.8, 4) is 0 Å². The number of benzene rings is 1. The van der Waals surface area contributed by atoms with E-state index in [0.29, 0.717) is 12.4 Å². The molecule has 0 aliphatic rings. The highest BCUT2D eigenvalue weighted by molar-refractivity contribution is 6.33. The highest BCUT2D eigenvalue weighted by atomic mass is 35.5. The van der Waals surface area contributed by atoms with Crippen LogP contribution in [0.25, 0.3) is 0 Å². The standard InChI is InChI=1S/C14H13ClN2O3/c15-12-5-11(14(19)20)7-17-13(12)16-6-9-1-3-10(8-18)4-2-9/h1-5,7,18H,6,8H2,(H,16,17)(H,19,20). The molecule has 0 saturated carbocycles. The molecule has 0 unspecified atom stereocenters. The molecular formula is C14H13ClN2O3. The third kappa shape index (κ3) is 3.46. The minimum Gasteiger partial charge on any atom is -0.478 e. The van der Waals surface area contributed by atoms with Crippen molar-refractivity contribution in [3.63, 3.8) is 0 Å². The maximum atomic E-state index is 10.8. The van der Waals surface area contributed by atoms with Crippen molar-refractivity contribution in [1.29, 1.82) is 0 Å². The highest BCUT2D eigenvalue weighted by Crippen LogP contribution is 2.20. The van der Waals surface area contributed by atoms with Crippen LogP contribution in [-0.4, -0.2) is 21.2 Å². The van der Waals surface area contributed by atoms with E-state index in [9.17, 15) is 4.79 Å². The van der Waals surface area contributed by atoms with Gasteiger partial charge in [-0.3, -0.25) is 0 Å². The fourth-order valence-electron chi connectivity index (χ4n) is 1.63. The van der Waals surface area contributed by atoms with Gasteiger partial charge in [-0.05, 0) is 17.2 Å². The first-order chi connectivity index (χ1) is 9.60. The number of pyridine rings is 1. The summed E-state index contributed by atoms with van der Waals surface area (Å²) in [7, 11) is 0. The van der Waals surface area contributed by atoms with Gasteiger partial charge in [0, 0.05) is 12.7 Å². The van der Waals surface area contributed by atoms with Crippen molar-refractivity contribution in [2.75, 3.05) is 5.32 Å². The quantitative estimate of drug-likeness (QED) is 0.789. The van der Waals surface area contributed by atoms with Crippen LogP contribution in [0.1, 0.15) is 21.5 Å². The van der Waals surface area contributed by atoms with Gasteiger partial charge in [-0.25, -0.2) is 9.78 Å². The SMILES string of the molecule is O=C(O)c1cnc(NCc2ccc(CO)cc2)c(Cl)c1. The number of hydrogen-bond acceptors (Lipinski definition) is 4. The number of rotatable bonds is 5. The van der Waals surface area contributed by atoms with E-state index in [-0.39, 0.29) is 17.2 Å². The minimum atomic E-state index is -1.06. The molecule has 1 aromatic carbocycles. The molecule has 1 heterocycles. The number of nitrogens with one attached hydrogen (secondary N) is 1. The molecular weight excluding hydrogens is 280 g/mol. The fourth-order valence-corrected chi connectivity index (χ4v) is 1.87. The van der Waals surface area contributed by atoms with Crippen molar-refractivity contribution in [2.24, 2.45) is 0 Å². The lowest BCUT2D eigenvalue weighted by atomic mass is 10.1. The summed E-state index contributed by atoms with van der Waals surface area (Å²) in [6, 6.07) is 8.80. The van der Waals surface area contributed by atoms with Gasteiger partial charge >= 0.3 is 5.97 Å². The summed E-state index contributed by atoms with van der Waals surface area (Å²) in [6.45, 7) is 0.516. The molecule has 104 valence electrons. The Kier molecular flexibility index (Phi) is 4.55. The van der Waals surface area contributed by atoms with Crippen LogP contribution in [0.4, 0.5) is 5.82 Å². The molecule has 6 heteroatoms. The van der Waals surface area contributed by atoms with Crippen molar-refractivity contribution >= 4 is 23.4 Å². The molecule has 0 fully saturated rings. The first-order valence-corrected chi connectivity index (χ1v) is 6.29. The van der Waals surface area contributed by atoms with Gasteiger partial charge in [0.25, 0.3) is 0 Å². The van der Waals surface area contributed by atoms with Crippen LogP contribution >= 0.6 is 11.6 Å². The average Bonchev–Trinajstić information content (AvgIpc) is 2.46. The van der Waals surface area contributed by atoms with Gasteiger partial charge in [-0.15, -0.1) is 0 Å². The number of anilines is 1. The maximum absolute atomic E-state index is 10.8. The Morgan fingerprint density at radius 1 is 1.25 bits per heavy atom. The van der Waals surface area contributed by atoms with Gasteiger partial charge in [0.2, 0.25) is 0 Å². The van der Waals surface area contributed by atoms with Gasteiger partial charge in [0.15, 0.2) is 0 Å². The first kappa shape index (κ1) is 14.3. The van der Waals surface area contributed by atoms with E-state index in [2.05, 4.69) is 10.3 Å². The lowest BCUT2D eigenvalue weighted by Gasteiger charge is -2.08. The number of halogens is 1. The molecule has 3 N–H and O–H groups in total. The topological polar surface area (TPSA) is 82.5 Å². The van der Waals surface area contributed by atoms with Gasteiger partial charge in [-0.2, -0.15) is 0 Å². The first-order valence-electron chi connectivity index (χ1n) is 5.91. The Balaban J connectivity index is 2.04. The molecule has 5 nitrogen and oxygen atoms in total. The summed E-state index contributed by atoms with van der Waals surface area (Å²) < 4.78 is 0. The summed E-state index contributed by atoms with van der Waals surface area (Å²) in [5.41, 5.74) is 1.89. The average molecular weight is 293 g/mol. The van der Waals surface area contributed by atoms with Crippen LogP contribution in [0.5, 0.6) is 0 Å². The summed E-state index contributed by atoms with van der Waals surface area (Å²) in [6.07, 6.45) is 1.26. The third-order valence-corrected chi connectivity index (χ3v) is 3.04. The van der Waals surface area contributed by atoms with E-state index >= 15 is 0 Å². The van der Waals surface area contributed by atoms with Crippen LogP contribution in [0.2, 0.25) is 5.02 Å². The predicted molar refractivity (Wildman–Crippen MR) is 75.9 cm³/mol. The zero-order chi connectivity index (χ0) is 14.5. The molecule has 0 radical (unpaired) electrons. The van der Waals surface area contributed by atoms with Gasteiger partial charge < -0.3 is 15.5 Å². The number of hydrogen-bond donors (Lipinski definition) is 3. The van der Waals surface area contributed by atoms with Gasteiger partial charge in [-0.1, -0.05) is 35.9 Å². The van der Waals surface area contributed by atoms with Crippen molar-refractivity contribution in [1.82, 2.24) is 4.98 Å². The zero-order valence-electron chi connectivity index (χ0n) is 10.5. The van der Waals surface area contributed by atoms with Gasteiger partial charge in [0.1, 0.15) is 5.82 Å². The number of carbonyl (C=O) groups is 1. The largest absolute Gasteiger partial charge is 0.478 e. The number of aliphatic hydroxyl groups is 1. The Bertz CT molecular complexity index is 614.